The van der Waals surface area contributed by atoms with E-state index in [1.54, 1.807) is 24.3 Å². The van der Waals surface area contributed by atoms with Gasteiger partial charge >= 0.3 is 0 Å². The van der Waals surface area contributed by atoms with E-state index in [1.165, 1.54) is 17.7 Å². The molecule has 1 N–H and O–H groups in total. The molecule has 0 fully saturated rings. The van der Waals surface area contributed by atoms with Crippen molar-refractivity contribution in [3.8, 4) is 11.3 Å². The van der Waals surface area contributed by atoms with Crippen molar-refractivity contribution in [2.75, 3.05) is 0 Å². The van der Waals surface area contributed by atoms with Crippen molar-refractivity contribution in [3.63, 3.8) is 0 Å². The molecule has 4 rings (SSSR count). The van der Waals surface area contributed by atoms with E-state index in [9.17, 15) is 9.18 Å². The van der Waals surface area contributed by atoms with E-state index in [-0.39, 0.29) is 17.5 Å². The number of aromatic nitrogens is 2. The third-order valence-electron chi connectivity index (χ3n) is 5.09. The lowest BCUT2D eigenvalue weighted by atomic mass is 10.2. The minimum absolute atomic E-state index is 0.210. The van der Waals surface area contributed by atoms with Gasteiger partial charge in [0, 0.05) is 23.4 Å². The average molecular weight is 403 g/mol. The van der Waals surface area contributed by atoms with Gasteiger partial charge in [0.05, 0.1) is 12.2 Å². The molecule has 2 aromatic heterocycles. The van der Waals surface area contributed by atoms with E-state index in [0.717, 1.165) is 17.0 Å². The number of hydrogen-bond donors (Lipinski definition) is 1. The van der Waals surface area contributed by atoms with Crippen molar-refractivity contribution >= 4 is 5.91 Å². The van der Waals surface area contributed by atoms with Gasteiger partial charge < -0.3 is 9.73 Å². The molecule has 5 nitrogen and oxygen atoms in total. The zero-order chi connectivity index (χ0) is 21.1. The van der Waals surface area contributed by atoms with Crippen LogP contribution in [0.25, 0.3) is 11.3 Å². The summed E-state index contributed by atoms with van der Waals surface area (Å²) in [5, 5.41) is 7.52. The smallest absolute Gasteiger partial charge is 0.287 e. The summed E-state index contributed by atoms with van der Waals surface area (Å²) in [7, 11) is 0. The molecular weight excluding hydrogens is 381 g/mol. The predicted octanol–water partition coefficient (Wildman–Crippen LogP) is 4.88. The molecule has 2 aromatic carbocycles. The number of rotatable bonds is 6. The Morgan fingerprint density at radius 3 is 2.50 bits per heavy atom. The van der Waals surface area contributed by atoms with Crippen molar-refractivity contribution in [2.45, 2.75) is 26.9 Å². The Balaban J connectivity index is 1.43. The Bertz CT molecular complexity index is 1160. The quantitative estimate of drug-likeness (QED) is 0.499. The Labute approximate surface area is 174 Å². The molecule has 0 unspecified atom stereocenters. The highest BCUT2D eigenvalue weighted by Crippen LogP contribution is 2.22. The normalized spacial score (nSPS) is 10.9. The molecule has 0 bridgehead atoms. The largest absolute Gasteiger partial charge is 0.451 e. The lowest BCUT2D eigenvalue weighted by molar-refractivity contribution is 0.0924. The van der Waals surface area contributed by atoms with Gasteiger partial charge in [0.2, 0.25) is 0 Å². The number of hydrogen-bond acceptors (Lipinski definition) is 3. The fourth-order valence-corrected chi connectivity index (χ4v) is 3.39. The van der Waals surface area contributed by atoms with Crippen LogP contribution in [0.1, 0.15) is 33.1 Å². The maximum absolute atomic E-state index is 13.1. The Hall–Kier alpha value is -3.67. The van der Waals surface area contributed by atoms with Crippen LogP contribution in [-0.2, 0) is 13.1 Å². The highest BCUT2D eigenvalue weighted by Gasteiger charge is 2.16. The van der Waals surface area contributed by atoms with Crippen LogP contribution < -0.4 is 5.32 Å². The molecule has 30 heavy (non-hydrogen) atoms. The first-order valence-electron chi connectivity index (χ1n) is 9.72. The number of nitrogens with one attached hydrogen (secondary N) is 1. The van der Waals surface area contributed by atoms with Crippen molar-refractivity contribution in [2.24, 2.45) is 0 Å². The lowest BCUT2D eigenvalue weighted by Crippen LogP contribution is -2.23. The Kier molecular flexibility index (Phi) is 5.48. The van der Waals surface area contributed by atoms with E-state index < -0.39 is 0 Å². The Morgan fingerprint density at radius 1 is 1.03 bits per heavy atom. The molecule has 0 saturated carbocycles. The molecule has 0 aliphatic heterocycles. The first kappa shape index (κ1) is 19.6. The third kappa shape index (κ3) is 4.17. The molecule has 152 valence electrons. The number of halogens is 1. The molecule has 2 heterocycles. The van der Waals surface area contributed by atoms with Crippen LogP contribution in [0.3, 0.4) is 0 Å². The van der Waals surface area contributed by atoms with Gasteiger partial charge in [-0.25, -0.2) is 4.39 Å². The summed E-state index contributed by atoms with van der Waals surface area (Å²) in [6, 6.07) is 19.4. The van der Waals surface area contributed by atoms with Crippen molar-refractivity contribution in [1.29, 1.82) is 0 Å². The van der Waals surface area contributed by atoms with Gasteiger partial charge in [0.1, 0.15) is 11.6 Å². The second-order valence-corrected chi connectivity index (χ2v) is 7.15. The van der Waals surface area contributed by atoms with Gasteiger partial charge in [0.25, 0.3) is 5.91 Å². The van der Waals surface area contributed by atoms with Gasteiger partial charge in [-0.1, -0.05) is 30.3 Å². The Morgan fingerprint density at radius 2 is 1.77 bits per heavy atom. The molecule has 0 aliphatic carbocycles. The highest BCUT2D eigenvalue weighted by atomic mass is 19.1. The first-order valence-corrected chi connectivity index (χ1v) is 9.72. The second kappa shape index (κ2) is 8.37. The summed E-state index contributed by atoms with van der Waals surface area (Å²) in [6.45, 7) is 4.98. The molecular formula is C24H22FN3O2. The summed E-state index contributed by atoms with van der Waals surface area (Å²) < 4.78 is 20.7. The van der Waals surface area contributed by atoms with Crippen LogP contribution in [-0.4, -0.2) is 15.7 Å². The number of furan rings is 1. The number of carbonyl (C=O) groups is 1. The maximum Gasteiger partial charge on any atom is 0.287 e. The van der Waals surface area contributed by atoms with E-state index >= 15 is 0 Å². The summed E-state index contributed by atoms with van der Waals surface area (Å²) in [5.74, 6) is 0.101. The maximum atomic E-state index is 13.1. The van der Waals surface area contributed by atoms with Crippen molar-refractivity contribution in [1.82, 2.24) is 15.1 Å². The molecule has 6 heteroatoms. The van der Waals surface area contributed by atoms with Gasteiger partial charge in [-0.2, -0.15) is 5.10 Å². The van der Waals surface area contributed by atoms with Crippen LogP contribution in [0.4, 0.5) is 4.39 Å². The van der Waals surface area contributed by atoms with Crippen LogP contribution >= 0.6 is 0 Å². The van der Waals surface area contributed by atoms with Crippen LogP contribution in [0, 0.1) is 19.7 Å². The highest BCUT2D eigenvalue weighted by molar-refractivity contribution is 5.92. The summed E-state index contributed by atoms with van der Waals surface area (Å²) in [5.41, 5.74) is 4.77. The van der Waals surface area contributed by atoms with Crippen LogP contribution in [0.5, 0.6) is 0 Å². The SMILES string of the molecule is Cc1nn(Cc2ccccc2)c(C)c1CNC(=O)c1ccc(-c2ccc(F)cc2)o1. The predicted molar refractivity (Wildman–Crippen MR) is 113 cm³/mol. The third-order valence-corrected chi connectivity index (χ3v) is 5.09. The molecule has 0 aliphatic rings. The number of aryl methyl sites for hydroxylation is 1. The molecule has 4 aromatic rings. The standard InChI is InChI=1S/C24H22FN3O2/c1-16-21(17(2)28(27-16)15-18-6-4-3-5-7-18)14-26-24(29)23-13-12-22(30-23)19-8-10-20(25)11-9-19/h3-13H,14-15H2,1-2H3,(H,26,29). The fourth-order valence-electron chi connectivity index (χ4n) is 3.39. The van der Waals surface area contributed by atoms with Crippen LogP contribution in [0.2, 0.25) is 0 Å². The van der Waals surface area contributed by atoms with E-state index in [1.807, 2.05) is 36.7 Å². The van der Waals surface area contributed by atoms with E-state index in [0.29, 0.717) is 24.4 Å². The molecule has 0 spiro atoms. The average Bonchev–Trinajstić information content (AvgIpc) is 3.34. The van der Waals surface area contributed by atoms with Gasteiger partial charge in [-0.05, 0) is 55.8 Å². The van der Waals surface area contributed by atoms with Gasteiger partial charge in [0.15, 0.2) is 5.76 Å². The monoisotopic (exact) mass is 403 g/mol. The molecule has 0 atom stereocenters. The van der Waals surface area contributed by atoms with Gasteiger partial charge in [-0.15, -0.1) is 0 Å². The number of nitrogens with zero attached hydrogens (tertiary/aromatic N) is 2. The minimum Gasteiger partial charge on any atom is -0.451 e. The zero-order valence-electron chi connectivity index (χ0n) is 16.9. The number of carbonyl (C=O) groups excluding carboxylic acids is 1. The second-order valence-electron chi connectivity index (χ2n) is 7.15. The topological polar surface area (TPSA) is 60.1 Å². The van der Waals surface area contributed by atoms with E-state index in [4.69, 9.17) is 4.42 Å². The van der Waals surface area contributed by atoms with E-state index in [2.05, 4.69) is 22.5 Å². The summed E-state index contributed by atoms with van der Waals surface area (Å²) in [6.07, 6.45) is 0. The zero-order valence-corrected chi connectivity index (χ0v) is 16.9. The first-order chi connectivity index (χ1) is 14.5. The van der Waals surface area contributed by atoms with Crippen molar-refractivity contribution in [3.05, 3.63) is 101 Å². The fraction of sp³-hybridized carbons (Fsp3) is 0.167. The molecule has 1 amide bonds. The number of amides is 1. The minimum atomic E-state index is -0.318. The molecule has 0 saturated heterocycles. The summed E-state index contributed by atoms with van der Waals surface area (Å²) >= 11 is 0. The number of benzene rings is 2. The van der Waals surface area contributed by atoms with Gasteiger partial charge in [-0.3, -0.25) is 9.48 Å². The van der Waals surface area contributed by atoms with Crippen LogP contribution in [0.15, 0.2) is 71.1 Å². The lowest BCUT2D eigenvalue weighted by Gasteiger charge is -2.07. The molecule has 0 radical (unpaired) electrons. The summed E-state index contributed by atoms with van der Waals surface area (Å²) in [4.78, 5) is 12.5. The van der Waals surface area contributed by atoms with Crippen molar-refractivity contribution < 1.29 is 13.6 Å².